The van der Waals surface area contributed by atoms with E-state index < -0.39 is 5.97 Å². The van der Waals surface area contributed by atoms with Crippen LogP contribution in [0.2, 0.25) is 0 Å². The van der Waals surface area contributed by atoms with Crippen LogP contribution in [0, 0.1) is 0 Å². The summed E-state index contributed by atoms with van der Waals surface area (Å²) >= 11 is 0. The molecule has 0 aliphatic heterocycles. The van der Waals surface area contributed by atoms with Crippen molar-refractivity contribution in [1.82, 2.24) is 0 Å². The van der Waals surface area contributed by atoms with Gasteiger partial charge in [-0.3, -0.25) is 9.59 Å². The number of aliphatic hydroxyl groups is 1. The highest BCUT2D eigenvalue weighted by Crippen LogP contribution is 2.09. The van der Waals surface area contributed by atoms with E-state index in [0.717, 1.165) is 77.0 Å². The zero-order valence-electron chi connectivity index (χ0n) is 14.4. The van der Waals surface area contributed by atoms with Crippen LogP contribution in [0.3, 0.4) is 0 Å². The van der Waals surface area contributed by atoms with Crippen molar-refractivity contribution in [3.8, 4) is 0 Å². The lowest BCUT2D eigenvalue weighted by molar-refractivity contribution is -0.144. The van der Waals surface area contributed by atoms with E-state index in [2.05, 4.69) is 0 Å². The number of aliphatic hydroxyl groups excluding tert-OH is 1. The van der Waals surface area contributed by atoms with E-state index >= 15 is 0 Å². The van der Waals surface area contributed by atoms with Crippen molar-refractivity contribution in [3.63, 3.8) is 0 Å². The lowest BCUT2D eigenvalue weighted by atomic mass is 10.1. The first-order valence-electron chi connectivity index (χ1n) is 9.15. The number of ether oxygens (including phenoxy) is 1. The van der Waals surface area contributed by atoms with Gasteiger partial charge in [-0.05, 0) is 25.7 Å². The number of unbranched alkanes of at least 4 members (excludes halogenated alkanes) is 10. The summed E-state index contributed by atoms with van der Waals surface area (Å²) in [5.74, 6) is -0.825. The maximum Gasteiger partial charge on any atom is 0.305 e. The summed E-state index contributed by atoms with van der Waals surface area (Å²) in [4.78, 5) is 21.8. The van der Waals surface area contributed by atoms with Crippen LogP contribution in [0.25, 0.3) is 0 Å². The number of carboxylic acid groups (broad SMARTS) is 1. The van der Waals surface area contributed by atoms with Gasteiger partial charge in [-0.25, -0.2) is 0 Å². The molecule has 0 aromatic carbocycles. The Morgan fingerprint density at radius 1 is 0.652 bits per heavy atom. The second kappa shape index (κ2) is 17.3. The largest absolute Gasteiger partial charge is 0.481 e. The summed E-state index contributed by atoms with van der Waals surface area (Å²) < 4.78 is 5.20. The smallest absolute Gasteiger partial charge is 0.305 e. The number of aliphatic carboxylic acids is 1. The minimum Gasteiger partial charge on any atom is -0.481 e. The molecule has 23 heavy (non-hydrogen) atoms. The van der Waals surface area contributed by atoms with Gasteiger partial charge in [0.05, 0.1) is 6.61 Å². The van der Waals surface area contributed by atoms with Crippen LogP contribution in [-0.4, -0.2) is 35.4 Å². The minimum atomic E-state index is -0.724. The van der Waals surface area contributed by atoms with Gasteiger partial charge in [-0.15, -0.1) is 0 Å². The molecule has 0 saturated carbocycles. The van der Waals surface area contributed by atoms with E-state index in [9.17, 15) is 9.59 Å². The van der Waals surface area contributed by atoms with Gasteiger partial charge >= 0.3 is 11.9 Å². The molecule has 0 atom stereocenters. The topological polar surface area (TPSA) is 83.8 Å². The van der Waals surface area contributed by atoms with E-state index in [1.54, 1.807) is 0 Å². The molecule has 0 rings (SSSR count). The summed E-state index contributed by atoms with van der Waals surface area (Å²) in [5, 5.41) is 17.2. The number of hydrogen-bond donors (Lipinski definition) is 2. The van der Waals surface area contributed by atoms with Crippen molar-refractivity contribution in [1.29, 1.82) is 0 Å². The van der Waals surface area contributed by atoms with Crippen LogP contribution in [0.15, 0.2) is 0 Å². The van der Waals surface area contributed by atoms with E-state index in [1.165, 1.54) is 0 Å². The number of carbonyl (C=O) groups excluding carboxylic acids is 1. The molecule has 0 aliphatic carbocycles. The first-order valence-corrected chi connectivity index (χ1v) is 9.15. The fourth-order valence-corrected chi connectivity index (χ4v) is 2.43. The Labute approximate surface area is 140 Å². The lowest BCUT2D eigenvalue weighted by Gasteiger charge is -2.05. The minimum absolute atomic E-state index is 0.101. The van der Waals surface area contributed by atoms with E-state index in [0.29, 0.717) is 13.0 Å². The Hall–Kier alpha value is -1.10. The van der Waals surface area contributed by atoms with Crippen molar-refractivity contribution in [2.45, 2.75) is 89.9 Å². The first-order chi connectivity index (χ1) is 11.2. The normalized spacial score (nSPS) is 10.7. The summed E-state index contributed by atoms with van der Waals surface area (Å²) in [5.41, 5.74) is 0. The number of carboxylic acids is 1. The fraction of sp³-hybridized carbons (Fsp3) is 0.889. The molecule has 5 heteroatoms. The second-order valence-electron chi connectivity index (χ2n) is 6.08. The molecular formula is C18H34O5. The van der Waals surface area contributed by atoms with Gasteiger partial charge in [0.2, 0.25) is 0 Å². The summed E-state index contributed by atoms with van der Waals surface area (Å²) in [6.45, 7) is 0.800. The SMILES string of the molecule is O=C(O)CCCCCCCCC(=O)OCCCCCCCCO. The third-order valence-electron chi connectivity index (χ3n) is 3.84. The van der Waals surface area contributed by atoms with Crippen LogP contribution in [-0.2, 0) is 14.3 Å². The van der Waals surface area contributed by atoms with Crippen molar-refractivity contribution >= 4 is 11.9 Å². The molecule has 0 spiro atoms. The van der Waals surface area contributed by atoms with Crippen LogP contribution < -0.4 is 0 Å². The monoisotopic (exact) mass is 330 g/mol. The van der Waals surface area contributed by atoms with Gasteiger partial charge < -0.3 is 14.9 Å². The maximum absolute atomic E-state index is 11.5. The van der Waals surface area contributed by atoms with Crippen LogP contribution in [0.4, 0.5) is 0 Å². The molecule has 0 bridgehead atoms. The van der Waals surface area contributed by atoms with Crippen molar-refractivity contribution in [2.75, 3.05) is 13.2 Å². The highest BCUT2D eigenvalue weighted by atomic mass is 16.5. The van der Waals surface area contributed by atoms with Gasteiger partial charge in [0.25, 0.3) is 0 Å². The maximum atomic E-state index is 11.5. The van der Waals surface area contributed by atoms with Gasteiger partial charge in [0, 0.05) is 19.4 Å². The van der Waals surface area contributed by atoms with Gasteiger partial charge in [-0.1, -0.05) is 51.4 Å². The molecule has 5 nitrogen and oxygen atoms in total. The van der Waals surface area contributed by atoms with Gasteiger partial charge in [-0.2, -0.15) is 0 Å². The van der Waals surface area contributed by atoms with E-state index in [1.807, 2.05) is 0 Å². The quantitative estimate of drug-likeness (QED) is 0.310. The Bertz CT molecular complexity index is 291. The van der Waals surface area contributed by atoms with Crippen molar-refractivity contribution < 1.29 is 24.5 Å². The van der Waals surface area contributed by atoms with Gasteiger partial charge in [0.15, 0.2) is 0 Å². The number of hydrogen-bond acceptors (Lipinski definition) is 4. The first kappa shape index (κ1) is 21.9. The average Bonchev–Trinajstić information content (AvgIpc) is 2.52. The molecular weight excluding hydrogens is 296 g/mol. The van der Waals surface area contributed by atoms with Gasteiger partial charge in [0.1, 0.15) is 0 Å². The highest BCUT2D eigenvalue weighted by Gasteiger charge is 2.02. The lowest BCUT2D eigenvalue weighted by Crippen LogP contribution is -2.05. The number of esters is 1. The van der Waals surface area contributed by atoms with E-state index in [4.69, 9.17) is 14.9 Å². The fourth-order valence-electron chi connectivity index (χ4n) is 2.43. The molecule has 0 fully saturated rings. The zero-order valence-corrected chi connectivity index (χ0v) is 14.4. The Balaban J connectivity index is 3.17. The molecule has 2 N–H and O–H groups in total. The predicted molar refractivity (Wildman–Crippen MR) is 90.3 cm³/mol. The standard InChI is InChI=1S/C18H34O5/c19-15-11-7-3-4-8-12-16-23-18(22)14-10-6-2-1-5-9-13-17(20)21/h19H,1-16H2,(H,20,21). The average molecular weight is 330 g/mol. The van der Waals surface area contributed by atoms with Crippen LogP contribution >= 0.6 is 0 Å². The molecule has 136 valence electrons. The van der Waals surface area contributed by atoms with Crippen molar-refractivity contribution in [2.24, 2.45) is 0 Å². The third kappa shape index (κ3) is 18.9. The zero-order chi connectivity index (χ0) is 17.2. The third-order valence-corrected chi connectivity index (χ3v) is 3.84. The van der Waals surface area contributed by atoms with E-state index in [-0.39, 0.29) is 19.0 Å². The molecule has 0 heterocycles. The molecule has 0 amide bonds. The summed E-state index contributed by atoms with van der Waals surface area (Å²) in [6, 6.07) is 0. The van der Waals surface area contributed by atoms with Crippen LogP contribution in [0.1, 0.15) is 89.9 Å². The number of rotatable bonds is 17. The Morgan fingerprint density at radius 3 is 1.70 bits per heavy atom. The second-order valence-corrected chi connectivity index (χ2v) is 6.08. The molecule has 0 aromatic rings. The summed E-state index contributed by atoms with van der Waals surface area (Å²) in [7, 11) is 0. The Kier molecular flexibility index (Phi) is 16.4. The molecule has 0 saturated heterocycles. The summed E-state index contributed by atoms with van der Waals surface area (Å²) in [6.07, 6.45) is 12.7. The molecule has 0 radical (unpaired) electrons. The predicted octanol–water partition coefficient (Wildman–Crippen LogP) is 4.07. The molecule has 0 aliphatic rings. The number of carbonyl (C=O) groups is 2. The highest BCUT2D eigenvalue weighted by molar-refractivity contribution is 5.69. The van der Waals surface area contributed by atoms with Crippen LogP contribution in [0.5, 0.6) is 0 Å². The molecule has 0 unspecified atom stereocenters. The van der Waals surface area contributed by atoms with Crippen molar-refractivity contribution in [3.05, 3.63) is 0 Å². The molecule has 0 aromatic heterocycles. The Morgan fingerprint density at radius 2 is 1.13 bits per heavy atom.